The fraction of sp³-hybridized carbons (Fsp3) is 0.120. The number of hydrogen-bond acceptors (Lipinski definition) is 4. The van der Waals surface area contributed by atoms with Crippen LogP contribution in [0.3, 0.4) is 0 Å². The van der Waals surface area contributed by atoms with Crippen molar-refractivity contribution < 1.29 is 4.79 Å². The highest BCUT2D eigenvalue weighted by Crippen LogP contribution is 2.32. The van der Waals surface area contributed by atoms with Gasteiger partial charge in [-0.15, -0.1) is 0 Å². The summed E-state index contributed by atoms with van der Waals surface area (Å²) in [5, 5.41) is 16.5. The minimum absolute atomic E-state index is 0.0219. The van der Waals surface area contributed by atoms with Gasteiger partial charge in [-0.1, -0.05) is 41.9 Å². The largest absolute Gasteiger partial charge is 0.318 e. The van der Waals surface area contributed by atoms with Crippen molar-refractivity contribution in [2.24, 2.45) is 10.1 Å². The van der Waals surface area contributed by atoms with Gasteiger partial charge in [0.2, 0.25) is 5.17 Å². The molecule has 0 spiro atoms. The van der Waals surface area contributed by atoms with Gasteiger partial charge in [-0.2, -0.15) is 15.1 Å². The van der Waals surface area contributed by atoms with Gasteiger partial charge in [0.05, 0.1) is 5.57 Å². The molecular weight excluding hydrogens is 454 g/mol. The SMILES string of the molecule is Cc1ccccc1C1=NN2C(=N)/C(=C\c3cc(C)n(-c4cccc(Cl)c4)c3C)C(=O)N=C2S1. The molecule has 0 saturated heterocycles. The van der Waals surface area contributed by atoms with E-state index in [2.05, 4.69) is 14.7 Å². The van der Waals surface area contributed by atoms with E-state index in [0.29, 0.717) is 10.2 Å². The Kier molecular flexibility index (Phi) is 5.31. The Morgan fingerprint density at radius 3 is 2.61 bits per heavy atom. The predicted octanol–water partition coefficient (Wildman–Crippen LogP) is 5.72. The molecule has 0 aliphatic carbocycles. The van der Waals surface area contributed by atoms with E-state index in [0.717, 1.165) is 38.8 Å². The second-order valence-electron chi connectivity index (χ2n) is 7.88. The number of carbonyl (C=O) groups excluding carboxylic acids is 1. The molecule has 3 heterocycles. The monoisotopic (exact) mass is 473 g/mol. The number of nitrogens with one attached hydrogen (secondary N) is 1. The molecule has 2 aromatic carbocycles. The maximum absolute atomic E-state index is 12.9. The highest BCUT2D eigenvalue weighted by molar-refractivity contribution is 8.27. The summed E-state index contributed by atoms with van der Waals surface area (Å²) in [5.41, 5.74) is 5.97. The van der Waals surface area contributed by atoms with Crippen LogP contribution in [0.1, 0.15) is 28.1 Å². The van der Waals surface area contributed by atoms with Crippen molar-refractivity contribution in [2.75, 3.05) is 0 Å². The lowest BCUT2D eigenvalue weighted by atomic mass is 10.1. The molecule has 2 aliphatic rings. The molecular formula is C25H20ClN5OS. The highest BCUT2D eigenvalue weighted by atomic mass is 35.5. The first-order valence-corrected chi connectivity index (χ1v) is 11.5. The Bertz CT molecular complexity index is 1430. The number of halogens is 1. The molecule has 0 radical (unpaired) electrons. The number of aryl methyl sites for hydroxylation is 2. The van der Waals surface area contributed by atoms with E-state index in [9.17, 15) is 4.79 Å². The van der Waals surface area contributed by atoms with E-state index in [1.54, 1.807) is 6.08 Å². The molecule has 3 aromatic rings. The van der Waals surface area contributed by atoms with Gasteiger partial charge in [0.25, 0.3) is 5.91 Å². The summed E-state index contributed by atoms with van der Waals surface area (Å²) in [6.45, 7) is 5.98. The number of rotatable bonds is 3. The van der Waals surface area contributed by atoms with Crippen molar-refractivity contribution in [3.63, 3.8) is 0 Å². The van der Waals surface area contributed by atoms with Gasteiger partial charge in [-0.3, -0.25) is 10.2 Å². The normalized spacial score (nSPS) is 16.8. The molecule has 2 aliphatic heterocycles. The smallest absolute Gasteiger partial charge is 0.283 e. The Balaban J connectivity index is 1.53. The number of thioether (sulfide) groups is 1. The standard InChI is InChI=1S/C25H20ClN5OS/c1-14-7-4-5-10-20(14)24-29-31-22(27)21(23(32)28-25(31)33-24)12-17-11-15(2)30(16(17)3)19-9-6-8-18(26)13-19/h4-13,27H,1-3H3/b21-12+,27-22?. The van der Waals surface area contributed by atoms with Crippen LogP contribution in [0, 0.1) is 26.2 Å². The van der Waals surface area contributed by atoms with Crippen LogP contribution in [0.25, 0.3) is 11.8 Å². The number of hydrogen-bond donors (Lipinski definition) is 1. The molecule has 0 atom stereocenters. The number of carbonyl (C=O) groups is 1. The molecule has 0 saturated carbocycles. The van der Waals surface area contributed by atoms with Gasteiger partial charge in [-0.05, 0) is 74.0 Å². The first-order chi connectivity index (χ1) is 15.8. The zero-order valence-electron chi connectivity index (χ0n) is 18.3. The lowest BCUT2D eigenvalue weighted by molar-refractivity contribution is -0.114. The molecule has 0 unspecified atom stereocenters. The van der Waals surface area contributed by atoms with E-state index >= 15 is 0 Å². The number of amidine groups is 2. The van der Waals surface area contributed by atoms with Gasteiger partial charge < -0.3 is 4.57 Å². The Morgan fingerprint density at radius 2 is 1.85 bits per heavy atom. The second-order valence-corrected chi connectivity index (χ2v) is 9.27. The van der Waals surface area contributed by atoms with Crippen LogP contribution < -0.4 is 0 Å². The van der Waals surface area contributed by atoms with E-state index in [4.69, 9.17) is 17.0 Å². The van der Waals surface area contributed by atoms with Crippen LogP contribution in [-0.4, -0.2) is 31.5 Å². The lowest BCUT2D eigenvalue weighted by Crippen LogP contribution is -2.35. The predicted molar refractivity (Wildman–Crippen MR) is 136 cm³/mol. The molecule has 0 fully saturated rings. The summed E-state index contributed by atoms with van der Waals surface area (Å²) in [5.74, 6) is -0.416. The van der Waals surface area contributed by atoms with Gasteiger partial charge in [0.15, 0.2) is 5.84 Å². The van der Waals surface area contributed by atoms with Crippen molar-refractivity contribution in [2.45, 2.75) is 20.8 Å². The maximum atomic E-state index is 12.9. The van der Waals surface area contributed by atoms with Crippen LogP contribution in [0.15, 0.2) is 70.3 Å². The first kappa shape index (κ1) is 21.4. The van der Waals surface area contributed by atoms with Crippen molar-refractivity contribution in [1.29, 1.82) is 5.41 Å². The summed E-state index contributed by atoms with van der Waals surface area (Å²) in [4.78, 5) is 17.1. The number of benzene rings is 2. The molecule has 1 aromatic heterocycles. The Morgan fingerprint density at radius 1 is 1.06 bits per heavy atom. The van der Waals surface area contributed by atoms with E-state index in [1.165, 1.54) is 16.8 Å². The number of aliphatic imine (C=N–C) groups is 1. The third-order valence-corrected chi connectivity index (χ3v) is 6.84. The van der Waals surface area contributed by atoms with E-state index in [-0.39, 0.29) is 11.4 Å². The number of nitrogens with zero attached hydrogens (tertiary/aromatic N) is 4. The molecule has 5 rings (SSSR count). The molecule has 164 valence electrons. The highest BCUT2D eigenvalue weighted by Gasteiger charge is 2.36. The van der Waals surface area contributed by atoms with Gasteiger partial charge in [-0.25, -0.2) is 0 Å². The summed E-state index contributed by atoms with van der Waals surface area (Å²) in [6.07, 6.45) is 1.72. The molecule has 33 heavy (non-hydrogen) atoms. The van der Waals surface area contributed by atoms with Gasteiger partial charge in [0.1, 0.15) is 5.04 Å². The third-order valence-electron chi connectivity index (χ3n) is 5.67. The van der Waals surface area contributed by atoms with Crippen LogP contribution in [-0.2, 0) is 4.79 Å². The van der Waals surface area contributed by atoms with E-state index in [1.807, 2.05) is 75.4 Å². The average molecular weight is 474 g/mol. The quantitative estimate of drug-likeness (QED) is 0.494. The fourth-order valence-corrected chi connectivity index (χ4v) is 5.18. The minimum atomic E-state index is -0.437. The molecule has 0 bridgehead atoms. The summed E-state index contributed by atoms with van der Waals surface area (Å²) in [6, 6.07) is 17.5. The van der Waals surface area contributed by atoms with Gasteiger partial charge in [0, 0.05) is 27.7 Å². The fourth-order valence-electron chi connectivity index (χ4n) is 4.02. The van der Waals surface area contributed by atoms with Gasteiger partial charge >= 0.3 is 0 Å². The van der Waals surface area contributed by atoms with Crippen molar-refractivity contribution in [3.05, 3.63) is 93.3 Å². The summed E-state index contributed by atoms with van der Waals surface area (Å²) < 4.78 is 2.07. The second kappa shape index (κ2) is 8.17. The van der Waals surface area contributed by atoms with Crippen LogP contribution in [0.5, 0.6) is 0 Å². The summed E-state index contributed by atoms with van der Waals surface area (Å²) in [7, 11) is 0. The minimum Gasteiger partial charge on any atom is -0.318 e. The molecule has 1 N–H and O–H groups in total. The third kappa shape index (κ3) is 3.73. The molecule has 6 nitrogen and oxygen atoms in total. The summed E-state index contributed by atoms with van der Waals surface area (Å²) >= 11 is 7.49. The number of amides is 1. The van der Waals surface area contributed by atoms with Crippen molar-refractivity contribution >= 4 is 51.4 Å². The van der Waals surface area contributed by atoms with Crippen LogP contribution in [0.4, 0.5) is 0 Å². The lowest BCUT2D eigenvalue weighted by Gasteiger charge is -2.20. The first-order valence-electron chi connectivity index (χ1n) is 10.3. The Hall–Kier alpha value is -3.42. The number of hydrazone groups is 1. The molecule has 1 amide bonds. The zero-order chi connectivity index (χ0) is 23.3. The van der Waals surface area contributed by atoms with Crippen molar-refractivity contribution in [3.8, 4) is 5.69 Å². The number of fused-ring (bicyclic) bond motifs is 1. The zero-order valence-corrected chi connectivity index (χ0v) is 19.8. The van der Waals surface area contributed by atoms with Crippen LogP contribution in [0.2, 0.25) is 5.02 Å². The van der Waals surface area contributed by atoms with Crippen LogP contribution >= 0.6 is 23.4 Å². The maximum Gasteiger partial charge on any atom is 0.283 e. The van der Waals surface area contributed by atoms with E-state index < -0.39 is 5.91 Å². The van der Waals surface area contributed by atoms with Crippen molar-refractivity contribution in [1.82, 2.24) is 9.58 Å². The average Bonchev–Trinajstić information content (AvgIpc) is 3.32. The topological polar surface area (TPSA) is 73.8 Å². The molecule has 8 heteroatoms. The Labute approximate surface area is 200 Å². The number of aromatic nitrogens is 1.